The Bertz CT molecular complexity index is 4250. The summed E-state index contributed by atoms with van der Waals surface area (Å²) < 4.78 is 80.9. The lowest BCUT2D eigenvalue weighted by atomic mass is 9.81. The summed E-state index contributed by atoms with van der Waals surface area (Å²) in [6.45, 7) is 10.2. The molecule has 8 amide bonds. The highest BCUT2D eigenvalue weighted by atomic mass is 32.2. The van der Waals surface area contributed by atoms with Crippen LogP contribution in [0.15, 0.2) is 153 Å². The summed E-state index contributed by atoms with van der Waals surface area (Å²) >= 11 is 0. The van der Waals surface area contributed by atoms with Crippen molar-refractivity contribution in [1.82, 2.24) is 42.5 Å². The number of carbonyl (C=O) groups is 9. The van der Waals surface area contributed by atoms with Gasteiger partial charge in [0.2, 0.25) is 52.9 Å². The summed E-state index contributed by atoms with van der Waals surface area (Å²) in [7, 11) is -8.95. The summed E-state index contributed by atoms with van der Waals surface area (Å²) in [6.07, 6.45) is 18.7. The van der Waals surface area contributed by atoms with Crippen molar-refractivity contribution in [2.45, 2.75) is 182 Å². The maximum absolute atomic E-state index is 14.4. The zero-order valence-corrected chi connectivity index (χ0v) is 62.6. The highest BCUT2D eigenvalue weighted by Crippen LogP contribution is 2.48. The lowest BCUT2D eigenvalue weighted by molar-refractivity contribution is -0.438. The van der Waals surface area contributed by atoms with Crippen molar-refractivity contribution in [2.24, 2.45) is 16.5 Å². The van der Waals surface area contributed by atoms with Crippen LogP contribution in [0.5, 0.6) is 0 Å². The summed E-state index contributed by atoms with van der Waals surface area (Å²) in [6, 6.07) is 14.8. The number of aryl methyl sites for hydroxylation is 1. The van der Waals surface area contributed by atoms with E-state index in [2.05, 4.69) is 57.0 Å². The van der Waals surface area contributed by atoms with Crippen LogP contribution in [-0.4, -0.2) is 172 Å². The second-order valence-corrected chi connectivity index (χ2v) is 30.1. The Morgan fingerprint density at radius 3 is 2.04 bits per heavy atom. The van der Waals surface area contributed by atoms with Gasteiger partial charge in [0.05, 0.1) is 28.0 Å². The SMILES string of the molecule is CCN1\C(=C/C=C/C=C/C=C/C2=[N+](CCCCCC(=O)N[C@@H](CCCCNC(=O)CCc3ccco3)C(=O)NCCCC[C@@H]3NC(=O)[C@H](Cc4ccccc4)NC(=O)[C@H](COC=O)NC(=O)CNC(=O)[C@H](CCCN=C(N)N)NC3=O)c3ccc(S(=O)(=O)O)cc3C2(C)C)C(C)(C)c2cc(S(=O)(=O)O)ccc21. The standard InChI is InChI=1S/C75H99N13O17S2/c1-6-87-61-36-34-52(106(98,99)100)45-54(61)74(2,3)63(87)30-14-8-7-9-15-31-64-75(4,5)55-46-53(107(101,102)103)35-37-62(55)88(64)42-21-11-16-32-66(91)82-56(27-17-19-39-78-65(90)38-33-51-26-23-43-105-51)68(93)79-40-20-18-28-58-70(95)84-57(29-22-41-80-73(76)77)69(94)81-47-67(92)83-60(48-104-49-89)72(97)86-59(71(96)85-58)44-50-24-12-10-13-25-50/h7-10,12-15,23-26,30-31,34-37,43,45-46,49,56-60H,6,11,16-22,27-29,32-33,38-42,44,47-48H2,1-5H3,(H13-,76,77,78,79,80,81,82,83,84,85,86,90,91,92,93,94,95,96,97,98,99,100,101,102,103)/p+1/t56-,57-,58-,59-,60-/m0/s1. The molecule has 14 N–H and O–H groups in total. The number of fused-ring (bicyclic) bond motifs is 2. The third-order valence-corrected chi connectivity index (χ3v) is 20.4. The van der Waals surface area contributed by atoms with E-state index in [1.165, 1.54) is 30.5 Å². The van der Waals surface area contributed by atoms with Crippen molar-refractivity contribution in [3.05, 3.63) is 156 Å². The minimum Gasteiger partial charge on any atom is -0.469 e. The Kier molecular flexibility index (Phi) is 31.3. The van der Waals surface area contributed by atoms with E-state index >= 15 is 0 Å². The quantitative estimate of drug-likeness (QED) is 0.00569. The average molecular weight is 1520 g/mol. The van der Waals surface area contributed by atoms with Crippen LogP contribution in [0, 0.1) is 0 Å². The van der Waals surface area contributed by atoms with Crippen molar-refractivity contribution in [2.75, 3.05) is 50.8 Å². The topological polar surface area (TPSA) is 452 Å². The normalized spacial score (nSPS) is 19.0. The third-order valence-electron chi connectivity index (χ3n) is 18.7. The monoisotopic (exact) mass is 1520 g/mol. The van der Waals surface area contributed by atoms with Gasteiger partial charge in [0.25, 0.3) is 26.7 Å². The number of hydrogen-bond acceptors (Lipinski definition) is 17. The number of nitrogens with one attached hydrogen (secondary N) is 8. The molecule has 0 spiro atoms. The fraction of sp³-hybridized carbons (Fsp3) is 0.453. The van der Waals surface area contributed by atoms with Crippen LogP contribution in [0.1, 0.15) is 141 Å². The minimum absolute atomic E-state index is 0.0150. The van der Waals surface area contributed by atoms with E-state index in [4.69, 9.17) is 20.6 Å². The first-order valence-corrected chi connectivity index (χ1v) is 38.7. The molecule has 3 aromatic carbocycles. The van der Waals surface area contributed by atoms with Gasteiger partial charge in [0.15, 0.2) is 11.7 Å². The van der Waals surface area contributed by atoms with E-state index in [1.54, 1.807) is 54.6 Å². The summed E-state index contributed by atoms with van der Waals surface area (Å²) in [5.74, 6) is -4.71. The Morgan fingerprint density at radius 2 is 1.35 bits per heavy atom. The number of guanidine groups is 1. The highest BCUT2D eigenvalue weighted by molar-refractivity contribution is 7.86. The molecule has 0 aliphatic carbocycles. The third kappa shape index (κ3) is 24.9. The molecule has 32 heteroatoms. The van der Waals surface area contributed by atoms with Crippen LogP contribution in [-0.2, 0) is 91.8 Å². The van der Waals surface area contributed by atoms with Gasteiger partial charge >= 0.3 is 0 Å². The molecule has 3 aliphatic heterocycles. The molecule has 5 atom stereocenters. The van der Waals surface area contributed by atoms with Crippen LogP contribution in [0.2, 0.25) is 0 Å². The van der Waals surface area contributed by atoms with E-state index in [9.17, 15) is 69.1 Å². The number of unbranched alkanes of at least 4 members (excludes halogenated alkanes) is 4. The molecule has 107 heavy (non-hydrogen) atoms. The molecule has 7 rings (SSSR count). The summed E-state index contributed by atoms with van der Waals surface area (Å²) in [5.41, 5.74) is 15.2. The molecule has 0 radical (unpaired) electrons. The smallest absolute Gasteiger partial charge is 0.294 e. The molecule has 3 aliphatic rings. The van der Waals surface area contributed by atoms with Gasteiger partial charge in [-0.2, -0.15) is 21.4 Å². The predicted molar refractivity (Wildman–Crippen MR) is 401 cm³/mol. The molecule has 0 unspecified atom stereocenters. The number of aliphatic imine (C=N–C) groups is 1. The van der Waals surface area contributed by atoms with E-state index in [1.807, 2.05) is 77.2 Å². The first kappa shape index (κ1) is 84.0. The van der Waals surface area contributed by atoms with Crippen molar-refractivity contribution in [3.63, 3.8) is 0 Å². The number of benzene rings is 3. The zero-order chi connectivity index (χ0) is 77.9. The van der Waals surface area contributed by atoms with Gasteiger partial charge in [-0.05, 0) is 145 Å². The van der Waals surface area contributed by atoms with Gasteiger partial charge in [0.1, 0.15) is 49.1 Å². The van der Waals surface area contributed by atoms with E-state index in [0.29, 0.717) is 75.0 Å². The van der Waals surface area contributed by atoms with Crippen molar-refractivity contribution >= 4 is 97.0 Å². The number of amides is 8. The van der Waals surface area contributed by atoms with Gasteiger partial charge in [-0.25, -0.2) is 0 Å². The molecule has 1 saturated heterocycles. The summed E-state index contributed by atoms with van der Waals surface area (Å²) in [4.78, 5) is 127. The van der Waals surface area contributed by atoms with Crippen LogP contribution < -0.4 is 58.9 Å². The van der Waals surface area contributed by atoms with Crippen molar-refractivity contribution in [1.29, 1.82) is 0 Å². The molecular formula is C75H100N13O17S2+. The molecule has 578 valence electrons. The first-order valence-electron chi connectivity index (χ1n) is 35.8. The fourth-order valence-electron chi connectivity index (χ4n) is 13.0. The van der Waals surface area contributed by atoms with Gasteiger partial charge < -0.3 is 68.1 Å². The van der Waals surface area contributed by atoms with Crippen LogP contribution in [0.3, 0.4) is 0 Å². The molecule has 1 fully saturated rings. The number of allylic oxidation sites excluding steroid dienone is 8. The van der Waals surface area contributed by atoms with E-state index in [-0.39, 0.29) is 105 Å². The Labute approximate surface area is 624 Å². The van der Waals surface area contributed by atoms with Gasteiger partial charge in [-0.3, -0.25) is 57.2 Å². The van der Waals surface area contributed by atoms with E-state index < -0.39 is 110 Å². The largest absolute Gasteiger partial charge is 0.469 e. The number of anilines is 1. The van der Waals surface area contributed by atoms with Gasteiger partial charge in [-0.1, -0.05) is 74.6 Å². The average Bonchev–Trinajstić information content (AvgIpc) is 1.60. The lowest BCUT2D eigenvalue weighted by Gasteiger charge is -2.26. The number of nitrogens with two attached hydrogens (primary N) is 2. The second kappa shape index (κ2) is 39.9. The Balaban J connectivity index is 1.01. The number of nitrogens with zero attached hydrogens (tertiary/aromatic N) is 3. The number of ether oxygens (including phenoxy) is 1. The van der Waals surface area contributed by atoms with E-state index in [0.717, 1.165) is 28.3 Å². The maximum atomic E-state index is 14.4. The number of likely N-dealkylation sites (N-methyl/N-ethyl adjacent to an activating group) is 1. The molecule has 1 aromatic heterocycles. The highest BCUT2D eigenvalue weighted by Gasteiger charge is 2.45. The number of carbonyl (C=O) groups excluding carboxylic acids is 9. The van der Waals surface area contributed by atoms with Gasteiger partial charge in [0, 0.05) is 92.8 Å². The predicted octanol–water partition coefficient (Wildman–Crippen LogP) is 4.31. The van der Waals surface area contributed by atoms with Crippen LogP contribution in [0.25, 0.3) is 0 Å². The Hall–Kier alpha value is -10.3. The summed E-state index contributed by atoms with van der Waals surface area (Å²) in [5, 5.41) is 21.6. The maximum Gasteiger partial charge on any atom is 0.294 e. The molecule has 30 nitrogen and oxygen atoms in total. The Morgan fingerprint density at radius 1 is 0.701 bits per heavy atom. The molecular weight excluding hydrogens is 1420 g/mol. The number of hydrogen-bond donors (Lipinski definition) is 12. The molecule has 0 bridgehead atoms. The van der Waals surface area contributed by atoms with Gasteiger partial charge in [-0.15, -0.1) is 0 Å². The fourth-order valence-corrected chi connectivity index (χ4v) is 14.0. The minimum atomic E-state index is -4.54. The molecule has 0 saturated carbocycles. The number of furan rings is 1. The number of rotatable bonds is 37. The lowest BCUT2D eigenvalue weighted by Crippen LogP contribution is -2.58. The zero-order valence-electron chi connectivity index (χ0n) is 61.0. The van der Waals surface area contributed by atoms with Crippen LogP contribution >= 0.6 is 0 Å². The first-order chi connectivity index (χ1) is 50.9. The second-order valence-electron chi connectivity index (χ2n) is 27.3. The van der Waals surface area contributed by atoms with Crippen molar-refractivity contribution < 1.29 is 82.8 Å². The molecule has 4 aromatic rings. The van der Waals surface area contributed by atoms with Crippen LogP contribution in [0.4, 0.5) is 11.4 Å². The van der Waals surface area contributed by atoms with Crippen molar-refractivity contribution in [3.8, 4) is 0 Å². The molecule has 4 heterocycles.